The van der Waals surface area contributed by atoms with Crippen molar-refractivity contribution in [1.82, 2.24) is 9.88 Å². The first-order valence-electron chi connectivity index (χ1n) is 7.95. The molecule has 1 atom stereocenters. The maximum atomic E-state index is 12.5. The Morgan fingerprint density at radius 3 is 2.96 bits per heavy atom. The highest BCUT2D eigenvalue weighted by atomic mass is 16.5. The lowest BCUT2D eigenvalue weighted by molar-refractivity contribution is -0.137. The fourth-order valence-corrected chi connectivity index (χ4v) is 2.79. The number of amides is 1. The molecule has 0 N–H and O–H groups in total. The van der Waals surface area contributed by atoms with E-state index in [1.807, 2.05) is 49.9 Å². The van der Waals surface area contributed by atoms with Gasteiger partial charge < -0.3 is 14.1 Å². The average Bonchev–Trinajstić information content (AvgIpc) is 2.88. The third-order valence-corrected chi connectivity index (χ3v) is 4.07. The van der Waals surface area contributed by atoms with Gasteiger partial charge in [0.05, 0.1) is 24.8 Å². The lowest BCUT2D eigenvalue weighted by Gasteiger charge is -2.31. The van der Waals surface area contributed by atoms with Crippen LogP contribution < -0.4 is 0 Å². The minimum absolute atomic E-state index is 0.0762. The molecule has 0 bridgehead atoms. The Morgan fingerprint density at radius 2 is 2.22 bits per heavy atom. The number of aromatic nitrogens is 1. The molecule has 23 heavy (non-hydrogen) atoms. The van der Waals surface area contributed by atoms with Gasteiger partial charge in [-0.15, -0.1) is 0 Å². The molecule has 1 aromatic carbocycles. The van der Waals surface area contributed by atoms with Gasteiger partial charge in [0.25, 0.3) is 0 Å². The Hall–Kier alpha value is -2.14. The van der Waals surface area contributed by atoms with Crippen LogP contribution in [0.25, 0.3) is 11.5 Å². The Labute approximate surface area is 136 Å². The first-order valence-corrected chi connectivity index (χ1v) is 7.95. The summed E-state index contributed by atoms with van der Waals surface area (Å²) in [4.78, 5) is 18.8. The number of aryl methyl sites for hydroxylation is 2. The van der Waals surface area contributed by atoms with Crippen molar-refractivity contribution < 1.29 is 13.9 Å². The van der Waals surface area contributed by atoms with E-state index in [2.05, 4.69) is 4.98 Å². The Morgan fingerprint density at radius 1 is 1.39 bits per heavy atom. The third kappa shape index (κ3) is 3.62. The van der Waals surface area contributed by atoms with Gasteiger partial charge in [-0.25, -0.2) is 4.98 Å². The van der Waals surface area contributed by atoms with Crippen molar-refractivity contribution in [2.45, 2.75) is 33.3 Å². The average molecular weight is 314 g/mol. The fraction of sp³-hybridized carbons (Fsp3) is 0.444. The van der Waals surface area contributed by atoms with E-state index in [-0.39, 0.29) is 18.4 Å². The topological polar surface area (TPSA) is 55.6 Å². The number of nitrogens with zero attached hydrogens (tertiary/aromatic N) is 2. The van der Waals surface area contributed by atoms with Crippen LogP contribution in [0.5, 0.6) is 0 Å². The van der Waals surface area contributed by atoms with E-state index in [1.54, 1.807) is 0 Å². The van der Waals surface area contributed by atoms with Crippen LogP contribution in [-0.2, 0) is 16.0 Å². The Kier molecular flexibility index (Phi) is 4.48. The van der Waals surface area contributed by atoms with Crippen molar-refractivity contribution in [1.29, 1.82) is 0 Å². The summed E-state index contributed by atoms with van der Waals surface area (Å²) < 4.78 is 11.2. The molecule has 5 heteroatoms. The van der Waals surface area contributed by atoms with E-state index in [9.17, 15) is 4.79 Å². The van der Waals surface area contributed by atoms with Gasteiger partial charge in [-0.2, -0.15) is 0 Å². The second kappa shape index (κ2) is 6.54. The number of morpholine rings is 1. The normalized spacial score (nSPS) is 18.2. The molecule has 5 nitrogen and oxygen atoms in total. The molecule has 1 fully saturated rings. The first kappa shape index (κ1) is 15.7. The predicted molar refractivity (Wildman–Crippen MR) is 87.1 cm³/mol. The van der Waals surface area contributed by atoms with Gasteiger partial charge in [-0.1, -0.05) is 17.7 Å². The second-order valence-electron chi connectivity index (χ2n) is 6.09. The number of oxazole rings is 1. The van der Waals surface area contributed by atoms with Gasteiger partial charge in [0, 0.05) is 18.7 Å². The van der Waals surface area contributed by atoms with Crippen LogP contribution in [0.3, 0.4) is 0 Å². The molecular weight excluding hydrogens is 292 g/mol. The van der Waals surface area contributed by atoms with Gasteiger partial charge in [0.1, 0.15) is 5.76 Å². The smallest absolute Gasteiger partial charge is 0.228 e. The van der Waals surface area contributed by atoms with Gasteiger partial charge in [-0.3, -0.25) is 4.79 Å². The van der Waals surface area contributed by atoms with E-state index in [1.165, 1.54) is 0 Å². The summed E-state index contributed by atoms with van der Waals surface area (Å²) in [6, 6.07) is 8.00. The van der Waals surface area contributed by atoms with Gasteiger partial charge in [0.15, 0.2) is 0 Å². The Balaban J connectivity index is 1.75. The number of hydrogen-bond donors (Lipinski definition) is 0. The highest BCUT2D eigenvalue weighted by molar-refractivity contribution is 5.78. The highest BCUT2D eigenvalue weighted by Gasteiger charge is 2.23. The maximum Gasteiger partial charge on any atom is 0.228 e. The van der Waals surface area contributed by atoms with Crippen LogP contribution in [0.1, 0.15) is 23.9 Å². The molecule has 1 aliphatic rings. The van der Waals surface area contributed by atoms with Gasteiger partial charge in [0.2, 0.25) is 11.8 Å². The van der Waals surface area contributed by atoms with Gasteiger partial charge >= 0.3 is 0 Å². The number of rotatable bonds is 3. The predicted octanol–water partition coefficient (Wildman–Crippen LogP) is 2.75. The van der Waals surface area contributed by atoms with Crippen molar-refractivity contribution in [3.8, 4) is 11.5 Å². The van der Waals surface area contributed by atoms with Crippen molar-refractivity contribution in [3.63, 3.8) is 0 Å². The molecule has 0 spiro atoms. The van der Waals surface area contributed by atoms with Crippen LogP contribution in [0, 0.1) is 13.8 Å². The third-order valence-electron chi connectivity index (χ3n) is 4.07. The molecule has 122 valence electrons. The molecule has 2 aromatic rings. The largest absolute Gasteiger partial charge is 0.441 e. The van der Waals surface area contributed by atoms with Crippen molar-refractivity contribution in [3.05, 3.63) is 41.3 Å². The van der Waals surface area contributed by atoms with Crippen LogP contribution in [-0.4, -0.2) is 41.6 Å². The quantitative estimate of drug-likeness (QED) is 0.874. The number of hydrogen-bond acceptors (Lipinski definition) is 4. The zero-order chi connectivity index (χ0) is 16.4. The Bertz CT molecular complexity index is 708. The molecule has 1 unspecified atom stereocenters. The molecule has 0 radical (unpaired) electrons. The summed E-state index contributed by atoms with van der Waals surface area (Å²) in [5.41, 5.74) is 2.80. The van der Waals surface area contributed by atoms with Crippen LogP contribution >= 0.6 is 0 Å². The van der Waals surface area contributed by atoms with Gasteiger partial charge in [-0.05, 0) is 32.9 Å². The van der Waals surface area contributed by atoms with E-state index >= 15 is 0 Å². The van der Waals surface area contributed by atoms with E-state index in [0.29, 0.717) is 37.0 Å². The molecule has 1 aromatic heterocycles. The molecule has 1 amide bonds. The molecule has 2 heterocycles. The monoisotopic (exact) mass is 314 g/mol. The number of carbonyl (C=O) groups excluding carboxylic acids is 1. The minimum atomic E-state index is 0.0762. The number of ether oxygens (including phenoxy) is 1. The summed E-state index contributed by atoms with van der Waals surface area (Å²) in [6.07, 6.45) is 0.363. The maximum absolute atomic E-state index is 12.5. The highest BCUT2D eigenvalue weighted by Crippen LogP contribution is 2.23. The molecule has 1 saturated heterocycles. The number of benzene rings is 1. The minimum Gasteiger partial charge on any atom is -0.441 e. The van der Waals surface area contributed by atoms with E-state index < -0.39 is 0 Å². The van der Waals surface area contributed by atoms with Crippen molar-refractivity contribution in [2.75, 3.05) is 19.7 Å². The van der Waals surface area contributed by atoms with E-state index in [4.69, 9.17) is 9.15 Å². The lowest BCUT2D eigenvalue weighted by atomic mass is 10.1. The molecule has 3 rings (SSSR count). The molecular formula is C18H22N2O3. The second-order valence-corrected chi connectivity index (χ2v) is 6.09. The molecule has 0 aliphatic carbocycles. The summed E-state index contributed by atoms with van der Waals surface area (Å²) in [7, 11) is 0. The molecule has 0 saturated carbocycles. The fourth-order valence-electron chi connectivity index (χ4n) is 2.79. The molecule has 1 aliphatic heterocycles. The van der Waals surface area contributed by atoms with Crippen LogP contribution in [0.4, 0.5) is 0 Å². The van der Waals surface area contributed by atoms with Crippen LogP contribution in [0.15, 0.2) is 28.7 Å². The van der Waals surface area contributed by atoms with Crippen LogP contribution in [0.2, 0.25) is 0 Å². The van der Waals surface area contributed by atoms with Crippen molar-refractivity contribution in [2.24, 2.45) is 0 Å². The summed E-state index contributed by atoms with van der Waals surface area (Å²) in [5.74, 6) is 1.35. The summed E-state index contributed by atoms with van der Waals surface area (Å²) in [5, 5.41) is 0. The standard InChI is InChI=1S/C18H22N2O3/c1-12-5-4-6-15(9-12)18-19-16(14(3)23-18)10-17(21)20-7-8-22-13(2)11-20/h4-6,9,13H,7-8,10-11H2,1-3H3. The number of carbonyl (C=O) groups is 1. The summed E-state index contributed by atoms with van der Waals surface area (Å²) in [6.45, 7) is 7.75. The van der Waals surface area contributed by atoms with Crippen molar-refractivity contribution >= 4 is 5.91 Å². The lowest BCUT2D eigenvalue weighted by Crippen LogP contribution is -2.45. The SMILES string of the molecule is Cc1cccc(-c2nc(CC(=O)N3CCOC(C)C3)c(C)o2)c1. The zero-order valence-corrected chi connectivity index (χ0v) is 13.8. The zero-order valence-electron chi connectivity index (χ0n) is 13.8. The first-order chi connectivity index (χ1) is 11.0. The summed E-state index contributed by atoms with van der Waals surface area (Å²) >= 11 is 0. The van der Waals surface area contributed by atoms with E-state index in [0.717, 1.165) is 11.1 Å².